The van der Waals surface area contributed by atoms with E-state index in [4.69, 9.17) is 0 Å². The molecule has 0 aliphatic carbocycles. The van der Waals surface area contributed by atoms with E-state index >= 15 is 0 Å². The number of esters is 1. The minimum Gasteiger partial charge on any atom is -0.466 e. The fourth-order valence-corrected chi connectivity index (χ4v) is 3.98. The van der Waals surface area contributed by atoms with Gasteiger partial charge in [0.25, 0.3) is 10.0 Å². The second kappa shape index (κ2) is 6.33. The van der Waals surface area contributed by atoms with Gasteiger partial charge in [0.2, 0.25) is 0 Å². The number of ether oxygens (including phenoxy) is 1. The largest absolute Gasteiger partial charge is 0.466 e. The van der Waals surface area contributed by atoms with Gasteiger partial charge in [-0.2, -0.15) is 0 Å². The highest BCUT2D eigenvalue weighted by Crippen LogP contribution is 2.26. The van der Waals surface area contributed by atoms with Crippen LogP contribution in [-0.4, -0.2) is 25.5 Å². The molecule has 5 nitrogen and oxygen atoms in total. The van der Waals surface area contributed by atoms with Gasteiger partial charge in [-0.1, -0.05) is 36.4 Å². The van der Waals surface area contributed by atoms with Gasteiger partial charge in [0, 0.05) is 11.5 Å². The maximum absolute atomic E-state index is 13.1. The SMILES string of the molecule is COC(=O)/C=C/c1cc2ccccc2n1S(=O)(=O)c1ccccc1. The van der Waals surface area contributed by atoms with Crippen LogP contribution in [0.4, 0.5) is 0 Å². The van der Waals surface area contributed by atoms with E-state index in [1.807, 2.05) is 12.1 Å². The molecule has 0 fully saturated rings. The van der Waals surface area contributed by atoms with Gasteiger partial charge in [0.15, 0.2) is 0 Å². The topological polar surface area (TPSA) is 65.4 Å². The summed E-state index contributed by atoms with van der Waals surface area (Å²) in [7, 11) is -2.53. The van der Waals surface area contributed by atoms with Gasteiger partial charge in [-0.15, -0.1) is 0 Å². The number of para-hydroxylation sites is 1. The molecule has 1 aromatic heterocycles. The summed E-state index contributed by atoms with van der Waals surface area (Å²) in [4.78, 5) is 11.5. The van der Waals surface area contributed by atoms with E-state index < -0.39 is 16.0 Å². The number of aromatic nitrogens is 1. The number of rotatable bonds is 4. The molecule has 3 aromatic rings. The molecular formula is C18H15NO4S. The summed E-state index contributed by atoms with van der Waals surface area (Å²) in [5.41, 5.74) is 0.927. The molecule has 0 bridgehead atoms. The predicted molar refractivity (Wildman–Crippen MR) is 92.0 cm³/mol. The van der Waals surface area contributed by atoms with E-state index in [-0.39, 0.29) is 4.90 Å². The molecule has 1 heterocycles. The van der Waals surface area contributed by atoms with Gasteiger partial charge in [0.1, 0.15) is 0 Å². The molecule has 24 heavy (non-hydrogen) atoms. The molecule has 0 atom stereocenters. The first-order chi connectivity index (χ1) is 11.5. The zero-order valence-electron chi connectivity index (χ0n) is 12.9. The summed E-state index contributed by atoms with van der Waals surface area (Å²) in [6.07, 6.45) is 2.64. The van der Waals surface area contributed by atoms with Crippen molar-refractivity contribution in [3.63, 3.8) is 0 Å². The van der Waals surface area contributed by atoms with Crippen LogP contribution in [0.15, 0.2) is 71.6 Å². The average molecular weight is 341 g/mol. The molecule has 0 saturated heterocycles. The van der Waals surface area contributed by atoms with Crippen LogP contribution >= 0.6 is 0 Å². The zero-order valence-corrected chi connectivity index (χ0v) is 13.7. The number of fused-ring (bicyclic) bond motifs is 1. The van der Waals surface area contributed by atoms with Gasteiger partial charge in [-0.05, 0) is 30.3 Å². The smallest absolute Gasteiger partial charge is 0.330 e. The van der Waals surface area contributed by atoms with Gasteiger partial charge in [-0.3, -0.25) is 0 Å². The summed E-state index contributed by atoms with van der Waals surface area (Å²) in [6.45, 7) is 0. The molecule has 2 aromatic carbocycles. The van der Waals surface area contributed by atoms with Crippen molar-refractivity contribution >= 4 is 33.0 Å². The quantitative estimate of drug-likeness (QED) is 0.540. The standard InChI is InChI=1S/C18H15NO4S/c1-23-18(20)12-11-15-13-14-7-5-6-10-17(14)19(15)24(21,22)16-8-3-2-4-9-16/h2-13H,1H3/b12-11+. The van der Waals surface area contributed by atoms with Crippen molar-refractivity contribution < 1.29 is 17.9 Å². The van der Waals surface area contributed by atoms with Crippen molar-refractivity contribution in [1.29, 1.82) is 0 Å². The number of hydrogen-bond donors (Lipinski definition) is 0. The Balaban J connectivity index is 2.26. The summed E-state index contributed by atoms with van der Waals surface area (Å²) in [5.74, 6) is -0.552. The van der Waals surface area contributed by atoms with Crippen molar-refractivity contribution in [2.75, 3.05) is 7.11 Å². The van der Waals surface area contributed by atoms with Crippen molar-refractivity contribution in [3.8, 4) is 0 Å². The lowest BCUT2D eigenvalue weighted by atomic mass is 10.2. The van der Waals surface area contributed by atoms with Crippen LogP contribution in [0.2, 0.25) is 0 Å². The van der Waals surface area contributed by atoms with Gasteiger partial charge < -0.3 is 4.74 Å². The Kier molecular flexibility index (Phi) is 4.22. The second-order valence-corrected chi connectivity index (χ2v) is 6.85. The highest BCUT2D eigenvalue weighted by molar-refractivity contribution is 7.90. The lowest BCUT2D eigenvalue weighted by Gasteiger charge is -2.10. The monoisotopic (exact) mass is 341 g/mol. The van der Waals surface area contributed by atoms with Gasteiger partial charge in [-0.25, -0.2) is 17.2 Å². The van der Waals surface area contributed by atoms with Crippen molar-refractivity contribution in [1.82, 2.24) is 3.97 Å². The number of methoxy groups -OCH3 is 1. The zero-order chi connectivity index (χ0) is 17.2. The first-order valence-electron chi connectivity index (χ1n) is 7.21. The van der Waals surface area contributed by atoms with E-state index in [9.17, 15) is 13.2 Å². The van der Waals surface area contributed by atoms with E-state index in [1.54, 1.807) is 36.4 Å². The van der Waals surface area contributed by atoms with Gasteiger partial charge in [0.05, 0.1) is 23.2 Å². The highest BCUT2D eigenvalue weighted by Gasteiger charge is 2.21. The highest BCUT2D eigenvalue weighted by atomic mass is 32.2. The number of carbonyl (C=O) groups excluding carboxylic acids is 1. The van der Waals surface area contributed by atoms with Crippen LogP contribution in [0, 0.1) is 0 Å². The Morgan fingerprint density at radius 3 is 2.42 bits per heavy atom. The van der Waals surface area contributed by atoms with E-state index in [1.165, 1.54) is 35.4 Å². The molecule has 0 spiro atoms. The van der Waals surface area contributed by atoms with Crippen LogP contribution in [-0.2, 0) is 19.6 Å². The Morgan fingerprint density at radius 1 is 1.04 bits per heavy atom. The van der Waals surface area contributed by atoms with Crippen LogP contribution in [0.3, 0.4) is 0 Å². The third-order valence-electron chi connectivity index (χ3n) is 3.57. The number of nitrogens with zero attached hydrogens (tertiary/aromatic N) is 1. The Morgan fingerprint density at radius 2 is 1.71 bits per heavy atom. The van der Waals surface area contributed by atoms with Crippen LogP contribution in [0.1, 0.15) is 5.69 Å². The Bertz CT molecular complexity index is 1020. The first-order valence-corrected chi connectivity index (χ1v) is 8.65. The molecule has 0 unspecified atom stereocenters. The molecule has 122 valence electrons. The maximum atomic E-state index is 13.1. The minimum absolute atomic E-state index is 0.180. The fourth-order valence-electron chi connectivity index (χ4n) is 2.45. The normalized spacial score (nSPS) is 11.9. The first kappa shape index (κ1) is 16.0. The molecule has 0 amide bonds. The summed E-state index contributed by atoms with van der Waals surface area (Å²) in [5, 5.41) is 0.765. The molecular weight excluding hydrogens is 326 g/mol. The molecule has 3 rings (SSSR count). The van der Waals surface area contributed by atoms with E-state index in [2.05, 4.69) is 4.74 Å². The second-order valence-electron chi connectivity index (χ2n) is 5.07. The Hall–Kier alpha value is -2.86. The van der Waals surface area contributed by atoms with E-state index in [0.29, 0.717) is 11.2 Å². The van der Waals surface area contributed by atoms with Crippen molar-refractivity contribution in [2.45, 2.75) is 4.90 Å². The Labute approximate surface area is 139 Å². The maximum Gasteiger partial charge on any atom is 0.330 e. The van der Waals surface area contributed by atoms with Crippen LogP contribution < -0.4 is 0 Å². The molecule has 0 saturated carbocycles. The molecule has 0 aliphatic rings. The minimum atomic E-state index is -3.79. The number of benzene rings is 2. The third kappa shape index (κ3) is 2.83. The molecule has 0 radical (unpaired) electrons. The van der Waals surface area contributed by atoms with Crippen molar-refractivity contribution in [3.05, 3.63) is 72.4 Å². The number of carbonyl (C=O) groups is 1. The lowest BCUT2D eigenvalue weighted by molar-refractivity contribution is -0.134. The van der Waals surface area contributed by atoms with Crippen molar-refractivity contribution in [2.24, 2.45) is 0 Å². The third-order valence-corrected chi connectivity index (χ3v) is 5.32. The van der Waals surface area contributed by atoms with Gasteiger partial charge >= 0.3 is 5.97 Å². The summed E-state index contributed by atoms with van der Waals surface area (Å²) in [6, 6.07) is 17.0. The summed E-state index contributed by atoms with van der Waals surface area (Å²) < 4.78 is 31.9. The average Bonchev–Trinajstić information content (AvgIpc) is 2.99. The van der Waals surface area contributed by atoms with Crippen LogP contribution in [0.5, 0.6) is 0 Å². The summed E-state index contributed by atoms with van der Waals surface area (Å²) >= 11 is 0. The lowest BCUT2D eigenvalue weighted by Crippen LogP contribution is -2.14. The predicted octanol–water partition coefficient (Wildman–Crippen LogP) is 3.06. The number of hydrogen-bond acceptors (Lipinski definition) is 4. The van der Waals surface area contributed by atoms with E-state index in [0.717, 1.165) is 5.39 Å². The molecule has 0 aliphatic heterocycles. The fraction of sp³-hybridized carbons (Fsp3) is 0.0556. The molecule has 6 heteroatoms. The molecule has 0 N–H and O–H groups in total. The van der Waals surface area contributed by atoms with Crippen LogP contribution in [0.25, 0.3) is 17.0 Å².